The van der Waals surface area contributed by atoms with Crippen molar-refractivity contribution in [2.75, 3.05) is 13.2 Å². The van der Waals surface area contributed by atoms with E-state index in [0.29, 0.717) is 18.0 Å². The van der Waals surface area contributed by atoms with Gasteiger partial charge in [-0.05, 0) is 24.4 Å². The van der Waals surface area contributed by atoms with Crippen molar-refractivity contribution < 1.29 is 19.1 Å². The van der Waals surface area contributed by atoms with Crippen molar-refractivity contribution in [3.8, 4) is 5.75 Å². The third kappa shape index (κ3) is 2.29. The predicted octanol–water partition coefficient (Wildman–Crippen LogP) is 2.89. The van der Waals surface area contributed by atoms with Gasteiger partial charge in [0, 0.05) is 12.1 Å². The summed E-state index contributed by atoms with van der Waals surface area (Å²) in [5.74, 6) is -0.0920. The minimum Gasteiger partial charge on any atom is -0.487 e. The van der Waals surface area contributed by atoms with Crippen LogP contribution in [0, 0.1) is 5.92 Å². The summed E-state index contributed by atoms with van der Waals surface area (Å²) in [6.07, 6.45) is -0.384. The van der Waals surface area contributed by atoms with Crippen molar-refractivity contribution in [2.24, 2.45) is 5.92 Å². The minimum atomic E-state index is -0.466. The maximum atomic E-state index is 12.9. The van der Waals surface area contributed by atoms with Crippen LogP contribution in [0.4, 0.5) is 0 Å². The van der Waals surface area contributed by atoms with E-state index in [9.17, 15) is 9.59 Å². The fourth-order valence-electron chi connectivity index (χ4n) is 3.51. The summed E-state index contributed by atoms with van der Waals surface area (Å²) in [6.45, 7) is 2.42. The number of fused-ring (bicyclic) bond motifs is 3. The number of carbonyl (C=O) groups excluding carboxylic acids is 2. The first-order valence-corrected chi connectivity index (χ1v) is 8.85. The first kappa shape index (κ1) is 15.2. The van der Waals surface area contributed by atoms with Crippen molar-refractivity contribution in [3.63, 3.8) is 0 Å². The molecule has 0 spiro atoms. The molecule has 0 radical (unpaired) electrons. The van der Waals surface area contributed by atoms with Gasteiger partial charge in [-0.1, -0.05) is 24.3 Å². The number of thiophene rings is 1. The molecule has 0 unspecified atom stereocenters. The van der Waals surface area contributed by atoms with Gasteiger partial charge in [0.1, 0.15) is 17.8 Å². The molecule has 2 aliphatic rings. The van der Waals surface area contributed by atoms with E-state index in [4.69, 9.17) is 9.47 Å². The standard InChI is InChI=1S/C18H17NO4S/c1-2-22-18(21)12-10-19(17(20)14-8-5-9-24-14)15-11-6-3-4-7-13(11)23-16(12)15/h3-9,12,15-16H,2,10H2,1H3/t12-,15+,16+/m1/s1. The van der Waals surface area contributed by atoms with Crippen molar-refractivity contribution >= 4 is 23.2 Å². The average molecular weight is 343 g/mol. The number of nitrogens with zero attached hydrogens (tertiary/aromatic N) is 1. The maximum absolute atomic E-state index is 12.9. The maximum Gasteiger partial charge on any atom is 0.314 e. The number of likely N-dealkylation sites (tertiary alicyclic amines) is 1. The van der Waals surface area contributed by atoms with Crippen LogP contribution in [0.25, 0.3) is 0 Å². The number of ether oxygens (including phenoxy) is 2. The summed E-state index contributed by atoms with van der Waals surface area (Å²) >= 11 is 1.41. The van der Waals surface area contributed by atoms with Gasteiger partial charge in [0.15, 0.2) is 0 Å². The number of carbonyl (C=O) groups is 2. The van der Waals surface area contributed by atoms with Gasteiger partial charge < -0.3 is 14.4 Å². The molecule has 4 rings (SSSR count). The van der Waals surface area contributed by atoms with Gasteiger partial charge in [0.2, 0.25) is 0 Å². The molecule has 1 amide bonds. The molecule has 6 heteroatoms. The van der Waals surface area contributed by atoms with Gasteiger partial charge in [-0.25, -0.2) is 0 Å². The molecule has 124 valence electrons. The van der Waals surface area contributed by atoms with E-state index in [0.717, 1.165) is 11.3 Å². The molecule has 2 aliphatic heterocycles. The molecule has 3 atom stereocenters. The number of hydrogen-bond donors (Lipinski definition) is 0. The lowest BCUT2D eigenvalue weighted by molar-refractivity contribution is -0.149. The van der Waals surface area contributed by atoms with Crippen LogP contribution < -0.4 is 4.74 Å². The highest BCUT2D eigenvalue weighted by molar-refractivity contribution is 7.12. The molecule has 0 bridgehead atoms. The lowest BCUT2D eigenvalue weighted by Crippen LogP contribution is -2.31. The number of rotatable bonds is 3. The fourth-order valence-corrected chi connectivity index (χ4v) is 4.18. The molecule has 2 aromatic rings. The van der Waals surface area contributed by atoms with E-state index < -0.39 is 5.92 Å². The molecule has 0 saturated carbocycles. The predicted molar refractivity (Wildman–Crippen MR) is 89.1 cm³/mol. The van der Waals surface area contributed by atoms with Crippen molar-refractivity contribution in [2.45, 2.75) is 19.1 Å². The number of esters is 1. The van der Waals surface area contributed by atoms with Crippen molar-refractivity contribution in [1.82, 2.24) is 4.90 Å². The zero-order valence-electron chi connectivity index (χ0n) is 13.2. The normalized spacial score (nSPS) is 24.2. The van der Waals surface area contributed by atoms with Gasteiger partial charge in [-0.2, -0.15) is 0 Å². The van der Waals surface area contributed by atoms with E-state index in [1.165, 1.54) is 11.3 Å². The second-order valence-electron chi connectivity index (χ2n) is 5.86. The Balaban J connectivity index is 1.71. The molecule has 0 aliphatic carbocycles. The third-order valence-electron chi connectivity index (χ3n) is 4.52. The Morgan fingerprint density at radius 1 is 1.29 bits per heavy atom. The van der Waals surface area contributed by atoms with Gasteiger partial charge in [0.05, 0.1) is 17.5 Å². The summed E-state index contributed by atoms with van der Waals surface area (Å²) in [6, 6.07) is 11.1. The van der Waals surface area contributed by atoms with Gasteiger partial charge in [-0.15, -0.1) is 11.3 Å². The average Bonchev–Trinajstić information content (AvgIpc) is 3.30. The molecule has 5 nitrogen and oxygen atoms in total. The Kier molecular flexibility index (Phi) is 3.76. The van der Waals surface area contributed by atoms with E-state index in [2.05, 4.69) is 0 Å². The fraction of sp³-hybridized carbons (Fsp3) is 0.333. The quantitative estimate of drug-likeness (QED) is 0.804. The zero-order chi connectivity index (χ0) is 16.7. The molecular weight excluding hydrogens is 326 g/mol. The lowest BCUT2D eigenvalue weighted by atomic mass is 9.99. The van der Waals surface area contributed by atoms with E-state index >= 15 is 0 Å². The molecule has 3 heterocycles. The number of hydrogen-bond acceptors (Lipinski definition) is 5. The van der Waals surface area contributed by atoms with Gasteiger partial charge >= 0.3 is 5.97 Å². The molecule has 0 N–H and O–H groups in total. The Morgan fingerprint density at radius 2 is 2.12 bits per heavy atom. The zero-order valence-corrected chi connectivity index (χ0v) is 14.0. The molecule has 1 saturated heterocycles. The highest BCUT2D eigenvalue weighted by Crippen LogP contribution is 2.48. The van der Waals surface area contributed by atoms with Crippen LogP contribution >= 0.6 is 11.3 Å². The largest absolute Gasteiger partial charge is 0.487 e. The van der Waals surface area contributed by atoms with Crippen molar-refractivity contribution in [1.29, 1.82) is 0 Å². The number of para-hydroxylation sites is 1. The summed E-state index contributed by atoms with van der Waals surface area (Å²) < 4.78 is 11.2. The van der Waals surface area contributed by atoms with E-state index in [-0.39, 0.29) is 24.0 Å². The molecule has 24 heavy (non-hydrogen) atoms. The second kappa shape index (κ2) is 5.94. The Morgan fingerprint density at radius 3 is 2.88 bits per heavy atom. The van der Waals surface area contributed by atoms with Gasteiger partial charge in [0.25, 0.3) is 5.91 Å². The van der Waals surface area contributed by atoms with Crippen LogP contribution in [0.2, 0.25) is 0 Å². The topological polar surface area (TPSA) is 55.8 Å². The van der Waals surface area contributed by atoms with Crippen LogP contribution in [0.5, 0.6) is 5.75 Å². The van der Waals surface area contributed by atoms with Crippen LogP contribution in [-0.2, 0) is 9.53 Å². The smallest absolute Gasteiger partial charge is 0.314 e. The molecule has 1 aromatic heterocycles. The van der Waals surface area contributed by atoms with E-state index in [1.807, 2.05) is 35.7 Å². The molecule has 1 aromatic carbocycles. The van der Waals surface area contributed by atoms with Gasteiger partial charge in [-0.3, -0.25) is 9.59 Å². The van der Waals surface area contributed by atoms with E-state index in [1.54, 1.807) is 17.9 Å². The Labute approximate surface area is 143 Å². The highest BCUT2D eigenvalue weighted by atomic mass is 32.1. The summed E-state index contributed by atoms with van der Waals surface area (Å²) in [4.78, 5) is 27.7. The molecular formula is C18H17NO4S. The number of benzene rings is 1. The minimum absolute atomic E-state index is 0.0629. The SMILES string of the molecule is CCOC(=O)[C@@H]1CN(C(=O)c2cccs2)[C@H]2c3ccccc3O[C@@H]12. The monoisotopic (exact) mass is 343 g/mol. The van der Waals surface area contributed by atoms with Crippen molar-refractivity contribution in [3.05, 3.63) is 52.2 Å². The Bertz CT molecular complexity index is 773. The first-order valence-electron chi connectivity index (χ1n) is 7.97. The first-order chi connectivity index (χ1) is 11.7. The third-order valence-corrected chi connectivity index (χ3v) is 5.38. The van der Waals surface area contributed by atoms with Crippen LogP contribution in [-0.4, -0.2) is 36.0 Å². The summed E-state index contributed by atoms with van der Waals surface area (Å²) in [5, 5.41) is 1.88. The molecule has 1 fully saturated rings. The summed E-state index contributed by atoms with van der Waals surface area (Å²) in [5.41, 5.74) is 0.958. The lowest BCUT2D eigenvalue weighted by Gasteiger charge is -2.22. The highest BCUT2D eigenvalue weighted by Gasteiger charge is 2.54. The van der Waals surface area contributed by atoms with Crippen LogP contribution in [0.15, 0.2) is 41.8 Å². The Hall–Kier alpha value is -2.34. The number of amides is 1. The van der Waals surface area contributed by atoms with Crippen LogP contribution in [0.1, 0.15) is 28.2 Å². The second-order valence-corrected chi connectivity index (χ2v) is 6.81. The summed E-state index contributed by atoms with van der Waals surface area (Å²) in [7, 11) is 0. The van der Waals surface area contributed by atoms with Crippen LogP contribution in [0.3, 0.4) is 0 Å².